The van der Waals surface area contributed by atoms with Crippen LogP contribution in [0, 0.1) is 23.0 Å². The van der Waals surface area contributed by atoms with Crippen molar-refractivity contribution in [2.75, 3.05) is 11.9 Å². The van der Waals surface area contributed by atoms with Gasteiger partial charge in [-0.25, -0.2) is 4.98 Å². The zero-order chi connectivity index (χ0) is 14.7. The molecule has 0 aromatic carbocycles. The highest BCUT2D eigenvalue weighted by molar-refractivity contribution is 9.10. The normalized spacial score (nSPS) is 22.6. The summed E-state index contributed by atoms with van der Waals surface area (Å²) in [4.78, 5) is 14.5. The van der Waals surface area contributed by atoms with E-state index in [-0.39, 0.29) is 11.8 Å². The lowest BCUT2D eigenvalue weighted by molar-refractivity contribution is -0.385. The quantitative estimate of drug-likeness (QED) is 0.647. The Morgan fingerprint density at radius 1 is 1.60 bits per heavy atom. The maximum absolute atomic E-state index is 10.8. The van der Waals surface area contributed by atoms with E-state index in [1.54, 1.807) is 6.92 Å². The van der Waals surface area contributed by atoms with Crippen molar-refractivity contribution in [1.29, 1.82) is 0 Å². The molecule has 1 aliphatic rings. The van der Waals surface area contributed by atoms with Gasteiger partial charge >= 0.3 is 0 Å². The Balaban J connectivity index is 2.03. The molecule has 7 heteroatoms. The number of halogens is 1. The summed E-state index contributed by atoms with van der Waals surface area (Å²) < 4.78 is 0.628. The van der Waals surface area contributed by atoms with Crippen LogP contribution in [0.3, 0.4) is 0 Å². The average Bonchev–Trinajstić information content (AvgIpc) is 2.40. The van der Waals surface area contributed by atoms with Gasteiger partial charge in [0.15, 0.2) is 0 Å². The van der Waals surface area contributed by atoms with Gasteiger partial charge in [-0.1, -0.05) is 6.42 Å². The van der Waals surface area contributed by atoms with Gasteiger partial charge in [0.2, 0.25) is 0 Å². The number of aromatic nitrogens is 1. The minimum atomic E-state index is -0.436. The molecule has 20 heavy (non-hydrogen) atoms. The van der Waals surface area contributed by atoms with Crippen LogP contribution < -0.4 is 5.32 Å². The third-order valence-electron chi connectivity index (χ3n) is 3.75. The van der Waals surface area contributed by atoms with Gasteiger partial charge in [0.05, 0.1) is 15.5 Å². The minimum Gasteiger partial charge on any atom is -0.393 e. The molecule has 0 bridgehead atoms. The molecule has 1 aromatic heterocycles. The molecule has 0 saturated heterocycles. The van der Waals surface area contributed by atoms with Gasteiger partial charge in [-0.3, -0.25) is 10.1 Å². The Kier molecular flexibility index (Phi) is 4.93. The van der Waals surface area contributed by atoms with Crippen LogP contribution in [0.15, 0.2) is 10.7 Å². The number of rotatable bonds is 4. The molecule has 1 fully saturated rings. The molecule has 1 aliphatic carbocycles. The molecular formula is C13H18BrN3O3. The van der Waals surface area contributed by atoms with E-state index < -0.39 is 4.92 Å². The van der Waals surface area contributed by atoms with Gasteiger partial charge in [-0.2, -0.15) is 0 Å². The minimum absolute atomic E-state index is 0.00973. The topological polar surface area (TPSA) is 88.3 Å². The summed E-state index contributed by atoms with van der Waals surface area (Å²) in [5.41, 5.74) is 0.576. The fourth-order valence-corrected chi connectivity index (χ4v) is 3.01. The molecule has 6 nitrogen and oxygen atoms in total. The second kappa shape index (κ2) is 6.49. The fraction of sp³-hybridized carbons (Fsp3) is 0.615. The van der Waals surface area contributed by atoms with E-state index >= 15 is 0 Å². The average molecular weight is 344 g/mol. The molecule has 2 rings (SSSR count). The maximum atomic E-state index is 10.8. The molecule has 0 aliphatic heterocycles. The summed E-state index contributed by atoms with van der Waals surface area (Å²) in [6.07, 6.45) is 4.89. The molecule has 2 N–H and O–H groups in total. The first-order valence-electron chi connectivity index (χ1n) is 6.70. The summed E-state index contributed by atoms with van der Waals surface area (Å²) in [6, 6.07) is 0. The second-order valence-electron chi connectivity index (χ2n) is 5.26. The van der Waals surface area contributed by atoms with E-state index in [4.69, 9.17) is 0 Å². The van der Waals surface area contributed by atoms with Crippen LogP contribution >= 0.6 is 15.9 Å². The number of aliphatic hydroxyl groups is 1. The lowest BCUT2D eigenvalue weighted by atomic mass is 9.87. The summed E-state index contributed by atoms with van der Waals surface area (Å²) >= 11 is 3.36. The number of nitrogens with one attached hydrogen (secondary N) is 1. The van der Waals surface area contributed by atoms with Gasteiger partial charge in [-0.05, 0) is 48.0 Å². The summed E-state index contributed by atoms with van der Waals surface area (Å²) in [6.45, 7) is 2.42. The summed E-state index contributed by atoms with van der Waals surface area (Å²) in [7, 11) is 0. The first-order valence-corrected chi connectivity index (χ1v) is 7.49. The Morgan fingerprint density at radius 3 is 3.00 bits per heavy atom. The zero-order valence-electron chi connectivity index (χ0n) is 11.3. The van der Waals surface area contributed by atoms with Crippen molar-refractivity contribution in [2.24, 2.45) is 5.92 Å². The largest absolute Gasteiger partial charge is 0.393 e. The van der Waals surface area contributed by atoms with Crippen LogP contribution in [-0.4, -0.2) is 27.7 Å². The predicted octanol–water partition coefficient (Wildman–Crippen LogP) is 3.02. The number of anilines is 1. The molecule has 2 atom stereocenters. The first kappa shape index (κ1) is 15.2. The Hall–Kier alpha value is -1.21. The van der Waals surface area contributed by atoms with Crippen LogP contribution in [0.1, 0.15) is 31.2 Å². The van der Waals surface area contributed by atoms with E-state index in [0.717, 1.165) is 32.2 Å². The van der Waals surface area contributed by atoms with Gasteiger partial charge in [0.25, 0.3) is 5.69 Å². The number of nitrogens with zero attached hydrogens (tertiary/aromatic N) is 2. The third kappa shape index (κ3) is 3.46. The van der Waals surface area contributed by atoms with Gasteiger partial charge in [-0.15, -0.1) is 0 Å². The molecule has 1 saturated carbocycles. The zero-order valence-corrected chi connectivity index (χ0v) is 12.9. The summed E-state index contributed by atoms with van der Waals surface area (Å²) in [5, 5.41) is 23.7. The number of pyridine rings is 1. The fourth-order valence-electron chi connectivity index (χ4n) is 2.57. The lowest BCUT2D eigenvalue weighted by Crippen LogP contribution is -2.25. The highest BCUT2D eigenvalue weighted by Gasteiger charge is 2.21. The van der Waals surface area contributed by atoms with Gasteiger partial charge < -0.3 is 10.4 Å². The van der Waals surface area contributed by atoms with E-state index in [1.807, 2.05) is 0 Å². The van der Waals surface area contributed by atoms with E-state index in [1.165, 1.54) is 6.20 Å². The van der Waals surface area contributed by atoms with E-state index in [9.17, 15) is 15.2 Å². The molecule has 0 radical (unpaired) electrons. The Morgan fingerprint density at radius 2 is 2.35 bits per heavy atom. The highest BCUT2D eigenvalue weighted by Crippen LogP contribution is 2.31. The maximum Gasteiger partial charge on any atom is 0.291 e. The van der Waals surface area contributed by atoms with Crippen molar-refractivity contribution in [3.8, 4) is 0 Å². The van der Waals surface area contributed by atoms with Crippen LogP contribution in [0.25, 0.3) is 0 Å². The van der Waals surface area contributed by atoms with E-state index in [0.29, 0.717) is 21.8 Å². The van der Waals surface area contributed by atoms with Crippen molar-refractivity contribution in [2.45, 2.75) is 38.7 Å². The van der Waals surface area contributed by atoms with Crippen LogP contribution in [0.5, 0.6) is 0 Å². The molecule has 0 amide bonds. The second-order valence-corrected chi connectivity index (χ2v) is 6.05. The Bertz CT molecular complexity index is 510. The molecule has 0 spiro atoms. The molecule has 2 unspecified atom stereocenters. The molecule has 110 valence electrons. The number of nitro groups is 1. The van der Waals surface area contributed by atoms with Crippen molar-refractivity contribution in [3.05, 3.63) is 26.3 Å². The number of aliphatic hydroxyl groups excluding tert-OH is 1. The number of hydrogen-bond donors (Lipinski definition) is 2. The van der Waals surface area contributed by atoms with Crippen molar-refractivity contribution in [1.82, 2.24) is 4.98 Å². The highest BCUT2D eigenvalue weighted by atomic mass is 79.9. The van der Waals surface area contributed by atoms with Crippen LogP contribution in [-0.2, 0) is 0 Å². The molecule has 1 heterocycles. The van der Waals surface area contributed by atoms with Crippen molar-refractivity contribution in [3.63, 3.8) is 0 Å². The lowest BCUT2D eigenvalue weighted by Gasteiger charge is -2.26. The summed E-state index contributed by atoms with van der Waals surface area (Å²) in [5.74, 6) is 1.04. The van der Waals surface area contributed by atoms with Crippen LogP contribution in [0.2, 0.25) is 0 Å². The first-order chi connectivity index (χ1) is 9.49. The van der Waals surface area contributed by atoms with Crippen molar-refractivity contribution < 1.29 is 10.0 Å². The SMILES string of the molecule is Cc1c([N+](=O)[O-])cnc(NCC2CCCC(O)C2)c1Br. The van der Waals surface area contributed by atoms with Crippen molar-refractivity contribution >= 4 is 27.4 Å². The van der Waals surface area contributed by atoms with Crippen LogP contribution in [0.4, 0.5) is 11.5 Å². The Labute approximate surface area is 125 Å². The smallest absolute Gasteiger partial charge is 0.291 e. The standard InChI is InChI=1S/C13H18BrN3O3/c1-8-11(17(19)20)7-16-13(12(8)14)15-6-9-3-2-4-10(18)5-9/h7,9-10,18H,2-6H2,1H3,(H,15,16). The van der Waals surface area contributed by atoms with Gasteiger partial charge in [0.1, 0.15) is 12.0 Å². The van der Waals surface area contributed by atoms with Gasteiger partial charge in [0, 0.05) is 12.1 Å². The predicted molar refractivity (Wildman–Crippen MR) is 79.8 cm³/mol. The molecule has 1 aromatic rings. The monoisotopic (exact) mass is 343 g/mol. The number of hydrogen-bond acceptors (Lipinski definition) is 5. The molecular weight excluding hydrogens is 326 g/mol. The van der Waals surface area contributed by atoms with E-state index in [2.05, 4.69) is 26.2 Å². The third-order valence-corrected chi connectivity index (χ3v) is 4.72.